The van der Waals surface area contributed by atoms with Crippen LogP contribution in [-0.2, 0) is 17.9 Å². The molecule has 0 unspecified atom stereocenters. The van der Waals surface area contributed by atoms with Crippen LogP contribution in [0, 0.1) is 6.92 Å². The molecule has 6 nitrogen and oxygen atoms in total. The van der Waals surface area contributed by atoms with E-state index in [-0.39, 0.29) is 5.91 Å². The molecule has 2 heterocycles. The van der Waals surface area contributed by atoms with Gasteiger partial charge in [-0.3, -0.25) is 4.79 Å². The van der Waals surface area contributed by atoms with Crippen LogP contribution in [0.1, 0.15) is 17.9 Å². The minimum Gasteiger partial charge on any atom is -0.359 e. The first-order valence-corrected chi connectivity index (χ1v) is 6.81. The lowest BCUT2D eigenvalue weighted by atomic mass is 10.3. The van der Waals surface area contributed by atoms with Crippen LogP contribution in [0.4, 0.5) is 0 Å². The lowest BCUT2D eigenvalue weighted by Crippen LogP contribution is -2.23. The summed E-state index contributed by atoms with van der Waals surface area (Å²) in [6.45, 7) is 2.81. The zero-order valence-corrected chi connectivity index (χ0v) is 11.7. The van der Waals surface area contributed by atoms with Gasteiger partial charge in [0.15, 0.2) is 5.76 Å². The van der Waals surface area contributed by atoms with Gasteiger partial charge in [0.05, 0.1) is 29.6 Å². The minimum absolute atomic E-state index is 0.0261. The predicted octanol–water partition coefficient (Wildman–Crippen LogP) is 2.04. The van der Waals surface area contributed by atoms with E-state index in [1.165, 1.54) is 0 Å². The smallest absolute Gasteiger partial charge is 0.222 e. The number of aryl methyl sites for hydroxylation is 2. The van der Waals surface area contributed by atoms with Crippen LogP contribution in [0.2, 0.25) is 0 Å². The highest BCUT2D eigenvalue weighted by molar-refractivity contribution is 5.77. The molecule has 0 saturated heterocycles. The van der Waals surface area contributed by atoms with E-state index in [9.17, 15) is 4.79 Å². The quantitative estimate of drug-likeness (QED) is 0.778. The first-order valence-electron chi connectivity index (χ1n) is 6.81. The zero-order chi connectivity index (χ0) is 14.7. The van der Waals surface area contributed by atoms with Crippen molar-refractivity contribution in [2.75, 3.05) is 0 Å². The van der Waals surface area contributed by atoms with Gasteiger partial charge in [-0.1, -0.05) is 17.3 Å². The summed E-state index contributed by atoms with van der Waals surface area (Å²) in [5.41, 5.74) is 2.79. The Morgan fingerprint density at radius 3 is 3.05 bits per heavy atom. The number of amides is 1. The molecular weight excluding hydrogens is 268 g/mol. The van der Waals surface area contributed by atoms with E-state index >= 15 is 0 Å². The summed E-state index contributed by atoms with van der Waals surface area (Å²) in [4.78, 5) is 16.1. The maximum Gasteiger partial charge on any atom is 0.222 e. The fourth-order valence-electron chi connectivity index (χ4n) is 2.18. The van der Waals surface area contributed by atoms with Crippen molar-refractivity contribution in [2.45, 2.75) is 26.4 Å². The number of aromatic nitrogens is 3. The van der Waals surface area contributed by atoms with Gasteiger partial charge in [0.2, 0.25) is 5.91 Å². The molecule has 2 aromatic heterocycles. The Bertz CT molecular complexity index is 760. The van der Waals surface area contributed by atoms with Gasteiger partial charge in [0.25, 0.3) is 0 Å². The molecule has 1 aromatic carbocycles. The summed E-state index contributed by atoms with van der Waals surface area (Å²) in [5.74, 6) is 0.635. The highest BCUT2D eigenvalue weighted by Gasteiger charge is 2.07. The number of nitrogens with one attached hydrogen (secondary N) is 1. The van der Waals surface area contributed by atoms with Crippen molar-refractivity contribution in [3.05, 3.63) is 48.1 Å². The second-order valence-corrected chi connectivity index (χ2v) is 4.89. The van der Waals surface area contributed by atoms with E-state index in [1.807, 2.05) is 41.8 Å². The lowest BCUT2D eigenvalue weighted by molar-refractivity contribution is -0.121. The van der Waals surface area contributed by atoms with Gasteiger partial charge in [-0.05, 0) is 19.1 Å². The number of hydrogen-bond acceptors (Lipinski definition) is 4. The number of carbonyl (C=O) groups is 1. The lowest BCUT2D eigenvalue weighted by Gasteiger charge is -2.05. The monoisotopic (exact) mass is 284 g/mol. The Kier molecular flexibility index (Phi) is 3.68. The number of benzene rings is 1. The van der Waals surface area contributed by atoms with E-state index in [4.69, 9.17) is 4.52 Å². The summed E-state index contributed by atoms with van der Waals surface area (Å²) in [5, 5.41) is 6.59. The largest absolute Gasteiger partial charge is 0.359 e. The summed E-state index contributed by atoms with van der Waals surface area (Å²) in [6, 6.07) is 9.68. The maximum absolute atomic E-state index is 11.8. The molecule has 0 aliphatic rings. The maximum atomic E-state index is 11.8. The van der Waals surface area contributed by atoms with Gasteiger partial charge in [-0.25, -0.2) is 4.98 Å². The Balaban J connectivity index is 1.54. The average molecular weight is 284 g/mol. The van der Waals surface area contributed by atoms with Gasteiger partial charge in [-0.2, -0.15) is 0 Å². The predicted molar refractivity (Wildman–Crippen MR) is 77.4 cm³/mol. The molecule has 108 valence electrons. The van der Waals surface area contributed by atoms with Crippen molar-refractivity contribution in [3.63, 3.8) is 0 Å². The Morgan fingerprint density at radius 1 is 1.38 bits per heavy atom. The highest BCUT2D eigenvalue weighted by atomic mass is 16.5. The van der Waals surface area contributed by atoms with Gasteiger partial charge < -0.3 is 14.4 Å². The van der Waals surface area contributed by atoms with E-state index in [1.54, 1.807) is 6.33 Å². The highest BCUT2D eigenvalue weighted by Crippen LogP contribution is 2.12. The molecule has 0 saturated carbocycles. The molecule has 0 aliphatic heterocycles. The van der Waals surface area contributed by atoms with Crippen LogP contribution in [0.15, 0.2) is 41.2 Å². The number of imidazole rings is 1. The van der Waals surface area contributed by atoms with Crippen LogP contribution in [0.5, 0.6) is 0 Å². The zero-order valence-electron chi connectivity index (χ0n) is 11.7. The average Bonchev–Trinajstić information content (AvgIpc) is 3.09. The number of nitrogens with zero attached hydrogens (tertiary/aromatic N) is 3. The molecule has 0 aliphatic carbocycles. The first kappa shape index (κ1) is 13.4. The molecular formula is C15H16N4O2. The van der Waals surface area contributed by atoms with E-state index in [2.05, 4.69) is 15.5 Å². The van der Waals surface area contributed by atoms with Crippen LogP contribution >= 0.6 is 0 Å². The van der Waals surface area contributed by atoms with E-state index in [0.717, 1.165) is 16.7 Å². The fourth-order valence-corrected chi connectivity index (χ4v) is 2.18. The molecule has 6 heteroatoms. The van der Waals surface area contributed by atoms with E-state index < -0.39 is 0 Å². The van der Waals surface area contributed by atoms with Crippen molar-refractivity contribution in [2.24, 2.45) is 0 Å². The van der Waals surface area contributed by atoms with Crippen LogP contribution < -0.4 is 5.32 Å². The standard InChI is InChI=1S/C15H16N4O2/c1-11-8-12(21-18-11)9-16-15(20)6-7-19-10-17-13-4-2-3-5-14(13)19/h2-5,8,10H,6-7,9H2,1H3,(H,16,20). The Morgan fingerprint density at radius 2 is 2.24 bits per heavy atom. The molecule has 0 spiro atoms. The number of para-hydroxylation sites is 2. The SMILES string of the molecule is Cc1cc(CNC(=O)CCn2cnc3ccccc32)on1. The molecule has 3 aromatic rings. The number of rotatable bonds is 5. The molecule has 3 rings (SSSR count). The number of fused-ring (bicyclic) bond motifs is 1. The van der Waals surface area contributed by atoms with E-state index in [0.29, 0.717) is 25.3 Å². The van der Waals surface area contributed by atoms with Crippen LogP contribution in [0.3, 0.4) is 0 Å². The summed E-state index contributed by atoms with van der Waals surface area (Å²) >= 11 is 0. The third-order valence-electron chi connectivity index (χ3n) is 3.24. The van der Waals surface area contributed by atoms with Crippen LogP contribution in [0.25, 0.3) is 11.0 Å². The van der Waals surface area contributed by atoms with Crippen molar-refractivity contribution in [1.82, 2.24) is 20.0 Å². The van der Waals surface area contributed by atoms with Crippen LogP contribution in [-0.4, -0.2) is 20.6 Å². The van der Waals surface area contributed by atoms with Gasteiger partial charge >= 0.3 is 0 Å². The van der Waals surface area contributed by atoms with Gasteiger partial charge in [0, 0.05) is 19.0 Å². The molecule has 0 radical (unpaired) electrons. The molecule has 0 fully saturated rings. The topological polar surface area (TPSA) is 73.0 Å². The van der Waals surface area contributed by atoms with Gasteiger partial charge in [-0.15, -0.1) is 0 Å². The Hall–Kier alpha value is -2.63. The molecule has 0 bridgehead atoms. The molecule has 1 amide bonds. The second kappa shape index (κ2) is 5.78. The Labute approximate surface area is 121 Å². The molecule has 21 heavy (non-hydrogen) atoms. The summed E-state index contributed by atoms with van der Waals surface area (Å²) < 4.78 is 7.02. The number of hydrogen-bond donors (Lipinski definition) is 1. The normalized spacial score (nSPS) is 10.9. The van der Waals surface area contributed by atoms with Crippen molar-refractivity contribution in [3.8, 4) is 0 Å². The van der Waals surface area contributed by atoms with Gasteiger partial charge in [0.1, 0.15) is 0 Å². The van der Waals surface area contributed by atoms with Crippen molar-refractivity contribution < 1.29 is 9.32 Å². The second-order valence-electron chi connectivity index (χ2n) is 4.89. The van der Waals surface area contributed by atoms with Crippen molar-refractivity contribution in [1.29, 1.82) is 0 Å². The minimum atomic E-state index is -0.0261. The fraction of sp³-hybridized carbons (Fsp3) is 0.267. The molecule has 0 atom stereocenters. The summed E-state index contributed by atoms with van der Waals surface area (Å²) in [6.07, 6.45) is 2.16. The summed E-state index contributed by atoms with van der Waals surface area (Å²) in [7, 11) is 0. The number of carbonyl (C=O) groups excluding carboxylic acids is 1. The third kappa shape index (κ3) is 3.10. The first-order chi connectivity index (χ1) is 10.2. The molecule has 1 N–H and O–H groups in total. The third-order valence-corrected chi connectivity index (χ3v) is 3.24. The van der Waals surface area contributed by atoms with Crippen molar-refractivity contribution >= 4 is 16.9 Å².